The van der Waals surface area contributed by atoms with E-state index in [1.54, 1.807) is 12.4 Å². The van der Waals surface area contributed by atoms with Crippen molar-refractivity contribution >= 4 is 11.6 Å². The minimum absolute atomic E-state index is 0.238. The summed E-state index contributed by atoms with van der Waals surface area (Å²) in [6.45, 7) is 5.51. The maximum atomic E-state index is 13.2. The second-order valence-electron chi connectivity index (χ2n) is 7.28. The first-order chi connectivity index (χ1) is 12.2. The van der Waals surface area contributed by atoms with Gasteiger partial charge in [-0.15, -0.1) is 0 Å². The summed E-state index contributed by atoms with van der Waals surface area (Å²) in [4.78, 5) is 26.3. The number of carbonyl (C=O) groups is 1. The molecular weight excluding hydrogens is 312 g/mol. The van der Waals surface area contributed by atoms with Crippen LogP contribution in [0.5, 0.6) is 0 Å². The van der Waals surface area contributed by atoms with Crippen LogP contribution in [-0.2, 0) is 11.3 Å². The van der Waals surface area contributed by atoms with Crippen molar-refractivity contribution in [1.29, 1.82) is 0 Å². The van der Waals surface area contributed by atoms with E-state index in [4.69, 9.17) is 0 Å². The lowest BCUT2D eigenvalue weighted by molar-refractivity contribution is -0.128. The zero-order valence-electron chi connectivity index (χ0n) is 14.7. The summed E-state index contributed by atoms with van der Waals surface area (Å²) in [5.41, 5.74) is 2.81. The van der Waals surface area contributed by atoms with Gasteiger partial charge in [-0.2, -0.15) is 0 Å². The smallest absolute Gasteiger partial charge is 0.234 e. The molecule has 5 heteroatoms. The average molecular weight is 336 g/mol. The Labute approximate surface area is 148 Å². The second-order valence-corrected chi connectivity index (χ2v) is 7.28. The van der Waals surface area contributed by atoms with E-state index < -0.39 is 0 Å². The van der Waals surface area contributed by atoms with Crippen LogP contribution in [0.1, 0.15) is 30.7 Å². The van der Waals surface area contributed by atoms with Crippen LogP contribution in [0.2, 0.25) is 0 Å². The Morgan fingerprint density at radius 3 is 2.88 bits per heavy atom. The highest BCUT2D eigenvalue weighted by Crippen LogP contribution is 2.41. The summed E-state index contributed by atoms with van der Waals surface area (Å²) in [7, 11) is 0. The normalized spacial score (nSPS) is 24.2. The molecule has 1 atom stereocenters. The number of anilines is 1. The minimum atomic E-state index is -0.238. The highest BCUT2D eigenvalue weighted by molar-refractivity contribution is 6.00. The Morgan fingerprint density at radius 1 is 1.16 bits per heavy atom. The van der Waals surface area contributed by atoms with Crippen LogP contribution in [-0.4, -0.2) is 40.4 Å². The third kappa shape index (κ3) is 3.16. The van der Waals surface area contributed by atoms with Crippen LogP contribution in [0.3, 0.4) is 0 Å². The third-order valence-corrected chi connectivity index (χ3v) is 5.46. The molecule has 2 fully saturated rings. The molecular formula is C20H24N4O. The van der Waals surface area contributed by atoms with E-state index in [2.05, 4.69) is 27.0 Å². The van der Waals surface area contributed by atoms with E-state index in [0.717, 1.165) is 62.5 Å². The van der Waals surface area contributed by atoms with Crippen LogP contribution in [0.15, 0.2) is 42.7 Å². The molecule has 1 spiro atoms. The van der Waals surface area contributed by atoms with Crippen LogP contribution >= 0.6 is 0 Å². The summed E-state index contributed by atoms with van der Waals surface area (Å²) in [6, 6.07) is 10.0. The van der Waals surface area contributed by atoms with Gasteiger partial charge in [0.1, 0.15) is 0 Å². The number of amides is 1. The first-order valence-electron chi connectivity index (χ1n) is 9.03. The van der Waals surface area contributed by atoms with Gasteiger partial charge >= 0.3 is 0 Å². The first kappa shape index (κ1) is 16.2. The number of pyridine rings is 2. The van der Waals surface area contributed by atoms with Gasteiger partial charge in [0.2, 0.25) is 5.91 Å². The van der Waals surface area contributed by atoms with Crippen LogP contribution in [0, 0.1) is 12.3 Å². The Hall–Kier alpha value is -2.27. The fourth-order valence-electron chi connectivity index (χ4n) is 4.24. The molecule has 2 saturated heterocycles. The number of nitrogens with zero attached hydrogens (tertiary/aromatic N) is 4. The van der Waals surface area contributed by atoms with Crippen molar-refractivity contribution in [2.75, 3.05) is 24.5 Å². The van der Waals surface area contributed by atoms with Gasteiger partial charge in [-0.25, -0.2) is 0 Å². The highest BCUT2D eigenvalue weighted by atomic mass is 16.2. The standard InChI is InChI=1S/C20H24N4O/c1-16-5-2-6-17(22-16)14-23-11-4-8-20(15-23)9-12-24(19(20)25)18-7-3-10-21-13-18/h2-3,5-7,10,13H,4,8-9,11-12,14-15H2,1H3/t20-/m1/s1. The lowest BCUT2D eigenvalue weighted by atomic mass is 9.78. The van der Waals surface area contributed by atoms with E-state index in [1.807, 2.05) is 30.0 Å². The SMILES string of the molecule is Cc1cccc(CN2CCC[C@@]3(CCN(c4cccnc4)C3=O)C2)n1. The molecule has 0 saturated carbocycles. The lowest BCUT2D eigenvalue weighted by Crippen LogP contribution is -2.47. The molecule has 0 radical (unpaired) electrons. The largest absolute Gasteiger partial charge is 0.310 e. The number of carbonyl (C=O) groups excluding carboxylic acids is 1. The predicted molar refractivity (Wildman–Crippen MR) is 97.1 cm³/mol. The quantitative estimate of drug-likeness (QED) is 0.865. The van der Waals surface area contributed by atoms with E-state index in [0.29, 0.717) is 0 Å². The summed E-state index contributed by atoms with van der Waals surface area (Å²) in [6.07, 6.45) is 6.52. The topological polar surface area (TPSA) is 49.3 Å². The maximum Gasteiger partial charge on any atom is 0.234 e. The molecule has 2 aromatic heterocycles. The van der Waals surface area contributed by atoms with Gasteiger partial charge in [-0.3, -0.25) is 19.7 Å². The average Bonchev–Trinajstić information content (AvgIpc) is 2.92. The number of hydrogen-bond acceptors (Lipinski definition) is 4. The molecule has 0 aromatic carbocycles. The summed E-state index contributed by atoms with van der Waals surface area (Å²) >= 11 is 0. The summed E-state index contributed by atoms with van der Waals surface area (Å²) in [5.74, 6) is 0.266. The van der Waals surface area contributed by atoms with Crippen molar-refractivity contribution in [2.24, 2.45) is 5.41 Å². The van der Waals surface area contributed by atoms with E-state index in [-0.39, 0.29) is 11.3 Å². The Balaban J connectivity index is 1.50. The number of piperidine rings is 1. The summed E-state index contributed by atoms with van der Waals surface area (Å²) in [5, 5.41) is 0. The van der Waals surface area contributed by atoms with Gasteiger partial charge in [0.25, 0.3) is 0 Å². The van der Waals surface area contributed by atoms with Gasteiger partial charge in [0, 0.05) is 31.5 Å². The number of aromatic nitrogens is 2. The number of hydrogen-bond donors (Lipinski definition) is 0. The monoisotopic (exact) mass is 336 g/mol. The van der Waals surface area contributed by atoms with Crippen molar-refractivity contribution in [2.45, 2.75) is 32.7 Å². The first-order valence-corrected chi connectivity index (χ1v) is 9.03. The van der Waals surface area contributed by atoms with Crippen LogP contribution in [0.4, 0.5) is 5.69 Å². The molecule has 2 aliphatic heterocycles. The fourth-order valence-corrected chi connectivity index (χ4v) is 4.24. The van der Waals surface area contributed by atoms with Gasteiger partial charge in [-0.1, -0.05) is 6.07 Å². The number of rotatable bonds is 3. The van der Waals surface area contributed by atoms with Gasteiger partial charge in [0.05, 0.1) is 23.0 Å². The minimum Gasteiger partial charge on any atom is -0.310 e. The Morgan fingerprint density at radius 2 is 2.08 bits per heavy atom. The molecule has 0 N–H and O–H groups in total. The molecule has 25 heavy (non-hydrogen) atoms. The van der Waals surface area contributed by atoms with Gasteiger partial charge in [0.15, 0.2) is 0 Å². The van der Waals surface area contributed by atoms with Crippen LogP contribution in [0.25, 0.3) is 0 Å². The third-order valence-electron chi connectivity index (χ3n) is 5.46. The van der Waals surface area contributed by atoms with Crippen molar-refractivity contribution in [1.82, 2.24) is 14.9 Å². The van der Waals surface area contributed by atoms with Crippen molar-refractivity contribution < 1.29 is 4.79 Å². The highest BCUT2D eigenvalue weighted by Gasteiger charge is 2.49. The predicted octanol–water partition coefficient (Wildman–Crippen LogP) is 2.80. The molecule has 0 bridgehead atoms. The molecule has 0 aliphatic carbocycles. The molecule has 0 unspecified atom stereocenters. The Bertz CT molecular complexity index is 763. The molecule has 2 aromatic rings. The van der Waals surface area contributed by atoms with E-state index in [9.17, 15) is 4.79 Å². The zero-order chi connectivity index (χ0) is 17.3. The van der Waals surface area contributed by atoms with Gasteiger partial charge in [-0.05, 0) is 57.0 Å². The van der Waals surface area contributed by atoms with E-state index >= 15 is 0 Å². The van der Waals surface area contributed by atoms with Crippen molar-refractivity contribution in [3.63, 3.8) is 0 Å². The molecule has 130 valence electrons. The molecule has 1 amide bonds. The van der Waals surface area contributed by atoms with E-state index in [1.165, 1.54) is 0 Å². The second kappa shape index (κ2) is 6.56. The molecule has 4 heterocycles. The Kier molecular flexibility index (Phi) is 4.25. The number of likely N-dealkylation sites (tertiary alicyclic amines) is 1. The fraction of sp³-hybridized carbons (Fsp3) is 0.450. The van der Waals surface area contributed by atoms with Gasteiger partial charge < -0.3 is 4.90 Å². The molecule has 2 aliphatic rings. The lowest BCUT2D eigenvalue weighted by Gasteiger charge is -2.38. The molecule has 5 nitrogen and oxygen atoms in total. The summed E-state index contributed by atoms with van der Waals surface area (Å²) < 4.78 is 0. The zero-order valence-corrected chi connectivity index (χ0v) is 14.7. The maximum absolute atomic E-state index is 13.2. The molecule has 4 rings (SSSR count). The number of aryl methyl sites for hydroxylation is 1. The van der Waals surface area contributed by atoms with Crippen LogP contribution < -0.4 is 4.90 Å². The van der Waals surface area contributed by atoms with Crippen molar-refractivity contribution in [3.05, 3.63) is 54.1 Å². The van der Waals surface area contributed by atoms with Crippen molar-refractivity contribution in [3.8, 4) is 0 Å².